The van der Waals surface area contributed by atoms with Crippen LogP contribution >= 0.6 is 11.6 Å². The highest BCUT2D eigenvalue weighted by atomic mass is 35.5. The van der Waals surface area contributed by atoms with Crippen LogP contribution in [0.25, 0.3) is 0 Å². The minimum absolute atomic E-state index is 0.143. The van der Waals surface area contributed by atoms with E-state index >= 15 is 0 Å². The molecule has 0 fully saturated rings. The van der Waals surface area contributed by atoms with Crippen molar-refractivity contribution in [3.63, 3.8) is 0 Å². The van der Waals surface area contributed by atoms with Gasteiger partial charge in [-0.1, -0.05) is 17.7 Å². The van der Waals surface area contributed by atoms with Gasteiger partial charge in [-0.25, -0.2) is 0 Å². The predicted octanol–water partition coefficient (Wildman–Crippen LogP) is 1.40. The first-order chi connectivity index (χ1) is 7.97. The van der Waals surface area contributed by atoms with E-state index in [0.717, 1.165) is 0 Å². The molecule has 0 amide bonds. The summed E-state index contributed by atoms with van der Waals surface area (Å²) >= 11 is 5.92. The Morgan fingerprint density at radius 3 is 2.76 bits per heavy atom. The van der Waals surface area contributed by atoms with Gasteiger partial charge in [0.15, 0.2) is 11.5 Å². The van der Waals surface area contributed by atoms with Crippen molar-refractivity contribution in [2.75, 3.05) is 7.11 Å². The zero-order chi connectivity index (χ0) is 13.0. The highest BCUT2D eigenvalue weighted by Gasteiger charge is 2.15. The molecule has 0 unspecified atom stereocenters. The maximum absolute atomic E-state index is 10.5. The fourth-order valence-electron chi connectivity index (χ4n) is 1.38. The number of aliphatic carboxylic acids is 1. The third kappa shape index (κ3) is 3.25. The molecule has 0 saturated carbocycles. The molecule has 0 heterocycles. The molecule has 0 aliphatic carbocycles. The zero-order valence-corrected chi connectivity index (χ0v) is 10.1. The lowest BCUT2D eigenvalue weighted by atomic mass is 10.1. The summed E-state index contributed by atoms with van der Waals surface area (Å²) < 4.78 is 4.89. The topological polar surface area (TPSA) is 92.8 Å². The Morgan fingerprint density at radius 1 is 1.59 bits per heavy atom. The quantitative estimate of drug-likeness (QED) is 0.743. The van der Waals surface area contributed by atoms with Crippen molar-refractivity contribution < 1.29 is 19.7 Å². The fourth-order valence-corrected chi connectivity index (χ4v) is 1.63. The van der Waals surface area contributed by atoms with Crippen LogP contribution in [0.15, 0.2) is 12.1 Å². The van der Waals surface area contributed by atoms with E-state index in [1.165, 1.54) is 7.11 Å². The number of carboxylic acid groups (broad SMARTS) is 1. The Bertz CT molecular complexity index is 422. The lowest BCUT2D eigenvalue weighted by molar-refractivity contribution is -0.138. The molecule has 6 heteroatoms. The molecule has 1 aromatic rings. The van der Waals surface area contributed by atoms with Gasteiger partial charge >= 0.3 is 5.97 Å². The lowest BCUT2D eigenvalue weighted by Crippen LogP contribution is -2.30. The highest BCUT2D eigenvalue weighted by molar-refractivity contribution is 6.33. The summed E-state index contributed by atoms with van der Waals surface area (Å²) in [5, 5.41) is 18.5. The van der Waals surface area contributed by atoms with Crippen molar-refractivity contribution in [2.24, 2.45) is 5.73 Å². The van der Waals surface area contributed by atoms with Gasteiger partial charge in [0, 0.05) is 0 Å². The van der Waals surface area contributed by atoms with Gasteiger partial charge in [0.05, 0.1) is 12.1 Å². The number of ether oxygens (including phenoxy) is 1. The van der Waals surface area contributed by atoms with Gasteiger partial charge in [0.1, 0.15) is 6.04 Å². The number of carboxylic acids is 1. The van der Waals surface area contributed by atoms with E-state index in [2.05, 4.69) is 0 Å². The number of methoxy groups -OCH3 is 1. The number of phenolic OH excluding ortho intramolecular Hbond substituents is 1. The SMILES string of the molecule is COc1ccc(CC[C@@H](N)C(=O)O)c(Cl)c1O. The molecule has 1 aromatic carbocycles. The summed E-state index contributed by atoms with van der Waals surface area (Å²) in [6.07, 6.45) is 0.630. The second-order valence-electron chi connectivity index (χ2n) is 3.57. The van der Waals surface area contributed by atoms with Crippen molar-refractivity contribution in [1.82, 2.24) is 0 Å². The molecule has 4 N–H and O–H groups in total. The number of phenols is 1. The second kappa shape index (κ2) is 5.75. The normalized spacial score (nSPS) is 12.2. The summed E-state index contributed by atoms with van der Waals surface area (Å²) in [6, 6.07) is 2.31. The van der Waals surface area contributed by atoms with Crippen LogP contribution in [0.5, 0.6) is 11.5 Å². The van der Waals surface area contributed by atoms with Gasteiger partial charge in [-0.05, 0) is 24.5 Å². The average Bonchev–Trinajstić information content (AvgIpc) is 2.30. The average molecular weight is 260 g/mol. The minimum atomic E-state index is -1.06. The molecule has 0 bridgehead atoms. The van der Waals surface area contributed by atoms with Gasteiger partial charge < -0.3 is 20.7 Å². The Kier molecular flexibility index (Phi) is 4.60. The van der Waals surface area contributed by atoms with Gasteiger partial charge in [-0.15, -0.1) is 0 Å². The van der Waals surface area contributed by atoms with Crippen molar-refractivity contribution in [3.05, 3.63) is 22.7 Å². The van der Waals surface area contributed by atoms with Crippen molar-refractivity contribution in [3.8, 4) is 11.5 Å². The first-order valence-corrected chi connectivity index (χ1v) is 5.38. The number of halogens is 1. The molecule has 94 valence electrons. The van der Waals surface area contributed by atoms with Crippen LogP contribution in [0.2, 0.25) is 5.02 Å². The summed E-state index contributed by atoms with van der Waals surface area (Å²) in [6.45, 7) is 0. The minimum Gasteiger partial charge on any atom is -0.503 e. The molecule has 0 spiro atoms. The van der Waals surface area contributed by atoms with Crippen LogP contribution in [0.4, 0.5) is 0 Å². The Hall–Kier alpha value is -1.46. The van der Waals surface area contributed by atoms with E-state index < -0.39 is 12.0 Å². The second-order valence-corrected chi connectivity index (χ2v) is 3.95. The van der Waals surface area contributed by atoms with E-state index in [-0.39, 0.29) is 22.9 Å². The standard InChI is InChI=1S/C11H14ClNO4/c1-17-8-5-3-6(9(12)10(8)14)2-4-7(13)11(15)16/h3,5,7,14H,2,4,13H2,1H3,(H,15,16)/t7-/m1/s1. The Labute approximate surface area is 104 Å². The van der Waals surface area contributed by atoms with Gasteiger partial charge in [0.2, 0.25) is 0 Å². The van der Waals surface area contributed by atoms with Crippen LogP contribution in [-0.2, 0) is 11.2 Å². The van der Waals surface area contributed by atoms with Crippen LogP contribution in [0.3, 0.4) is 0 Å². The third-order valence-electron chi connectivity index (χ3n) is 2.42. The van der Waals surface area contributed by atoms with E-state index in [0.29, 0.717) is 12.0 Å². The summed E-state index contributed by atoms with van der Waals surface area (Å²) in [5.74, 6) is -0.921. The smallest absolute Gasteiger partial charge is 0.320 e. The number of carbonyl (C=O) groups is 1. The molecular formula is C11H14ClNO4. The molecule has 1 atom stereocenters. The van der Waals surface area contributed by atoms with Crippen molar-refractivity contribution in [1.29, 1.82) is 0 Å². The number of hydrogen-bond acceptors (Lipinski definition) is 4. The van der Waals surface area contributed by atoms with Gasteiger partial charge in [-0.2, -0.15) is 0 Å². The number of aromatic hydroxyl groups is 1. The van der Waals surface area contributed by atoms with Crippen LogP contribution < -0.4 is 10.5 Å². The van der Waals surface area contributed by atoms with Gasteiger partial charge in [-0.3, -0.25) is 4.79 Å². The van der Waals surface area contributed by atoms with E-state index in [4.69, 9.17) is 27.2 Å². The molecule has 0 radical (unpaired) electrons. The first-order valence-electron chi connectivity index (χ1n) is 5.00. The molecule has 0 aliphatic rings. The van der Waals surface area contributed by atoms with E-state index in [1.54, 1.807) is 12.1 Å². The monoisotopic (exact) mass is 259 g/mol. The van der Waals surface area contributed by atoms with Crippen LogP contribution in [0, 0.1) is 0 Å². The van der Waals surface area contributed by atoms with Gasteiger partial charge in [0.25, 0.3) is 0 Å². The molecule has 0 aromatic heterocycles. The fraction of sp³-hybridized carbons (Fsp3) is 0.364. The first kappa shape index (κ1) is 13.6. The predicted molar refractivity (Wildman–Crippen MR) is 63.6 cm³/mol. The molecule has 1 rings (SSSR count). The summed E-state index contributed by atoms with van der Waals surface area (Å²) in [4.78, 5) is 10.5. The number of hydrogen-bond donors (Lipinski definition) is 3. The molecule has 0 saturated heterocycles. The third-order valence-corrected chi connectivity index (χ3v) is 2.84. The molecular weight excluding hydrogens is 246 g/mol. The number of rotatable bonds is 5. The largest absolute Gasteiger partial charge is 0.503 e. The van der Waals surface area contributed by atoms with Crippen molar-refractivity contribution >= 4 is 17.6 Å². The highest BCUT2D eigenvalue weighted by Crippen LogP contribution is 2.36. The maximum atomic E-state index is 10.5. The zero-order valence-electron chi connectivity index (χ0n) is 9.31. The van der Waals surface area contributed by atoms with Crippen LogP contribution in [0.1, 0.15) is 12.0 Å². The Morgan fingerprint density at radius 2 is 2.24 bits per heavy atom. The van der Waals surface area contributed by atoms with E-state index in [1.807, 2.05) is 0 Å². The maximum Gasteiger partial charge on any atom is 0.320 e. The number of benzene rings is 1. The molecule has 5 nitrogen and oxygen atoms in total. The van der Waals surface area contributed by atoms with E-state index in [9.17, 15) is 9.90 Å². The summed E-state index contributed by atoms with van der Waals surface area (Å²) in [7, 11) is 1.42. The number of aryl methyl sites for hydroxylation is 1. The lowest BCUT2D eigenvalue weighted by Gasteiger charge is -2.11. The number of nitrogens with two attached hydrogens (primary N) is 1. The molecule has 17 heavy (non-hydrogen) atoms. The Balaban J connectivity index is 2.79. The molecule has 0 aliphatic heterocycles. The van der Waals surface area contributed by atoms with Crippen LogP contribution in [-0.4, -0.2) is 29.3 Å². The summed E-state index contributed by atoms with van der Waals surface area (Å²) in [5.41, 5.74) is 6.02. The van der Waals surface area contributed by atoms with Crippen molar-refractivity contribution in [2.45, 2.75) is 18.9 Å².